The lowest BCUT2D eigenvalue weighted by atomic mass is 9.78. The molecule has 2 amide bonds. The molecule has 0 unspecified atom stereocenters. The van der Waals surface area contributed by atoms with E-state index in [1.54, 1.807) is 48.3 Å². The lowest BCUT2D eigenvalue weighted by molar-refractivity contribution is -0.132. The zero-order valence-electron chi connectivity index (χ0n) is 37.4. The second kappa shape index (κ2) is 21.6. The van der Waals surface area contributed by atoms with Crippen LogP contribution in [0.15, 0.2) is 158 Å². The summed E-state index contributed by atoms with van der Waals surface area (Å²) < 4.78 is 20.8. The molecule has 0 radical (unpaired) electrons. The van der Waals surface area contributed by atoms with Crippen LogP contribution in [0, 0.1) is 11.8 Å². The van der Waals surface area contributed by atoms with Crippen molar-refractivity contribution in [3.05, 3.63) is 180 Å². The summed E-state index contributed by atoms with van der Waals surface area (Å²) in [6.45, 7) is 2.72. The van der Waals surface area contributed by atoms with Crippen molar-refractivity contribution in [3.8, 4) is 23.0 Å². The molecule has 2 heterocycles. The second-order valence-electron chi connectivity index (χ2n) is 16.2. The summed E-state index contributed by atoms with van der Waals surface area (Å²) in [5, 5.41) is 21.2. The molecule has 2 aliphatic rings. The summed E-state index contributed by atoms with van der Waals surface area (Å²) in [6.07, 6.45) is 0.829. The Morgan fingerprint density at radius 2 is 0.803 bits per heavy atom. The average Bonchev–Trinajstić information content (AvgIpc) is 3.33. The lowest BCUT2D eigenvalue weighted by Gasteiger charge is -2.48. The Kier molecular flexibility index (Phi) is 15.3. The highest BCUT2D eigenvalue weighted by Crippen LogP contribution is 2.48. The topological polar surface area (TPSA) is 152 Å². The van der Waals surface area contributed by atoms with Crippen molar-refractivity contribution in [1.82, 2.24) is 0 Å². The van der Waals surface area contributed by atoms with Gasteiger partial charge in [-0.1, -0.05) is 84.9 Å². The molecule has 12 heteroatoms. The van der Waals surface area contributed by atoms with Gasteiger partial charge >= 0.3 is 11.9 Å². The van der Waals surface area contributed by atoms with Gasteiger partial charge in [0.1, 0.15) is 23.0 Å². The van der Waals surface area contributed by atoms with Crippen molar-refractivity contribution < 1.29 is 48.3 Å². The van der Waals surface area contributed by atoms with Crippen molar-refractivity contribution >= 4 is 35.1 Å². The van der Waals surface area contributed by atoms with Crippen LogP contribution in [0.2, 0.25) is 0 Å². The predicted molar refractivity (Wildman–Crippen MR) is 250 cm³/mol. The number of methoxy groups -OCH3 is 2. The highest BCUT2D eigenvalue weighted by molar-refractivity contribution is 6.04. The molecule has 0 spiro atoms. The number of carbonyl (C=O) groups excluding carboxylic acids is 4. The molecule has 2 aliphatic heterocycles. The second-order valence-corrected chi connectivity index (χ2v) is 16.2. The molecule has 0 aliphatic carbocycles. The van der Waals surface area contributed by atoms with Crippen molar-refractivity contribution in [3.63, 3.8) is 0 Å². The number of β-lactam (4-membered cyclic amide) rings is 2. The number of amides is 2. The van der Waals surface area contributed by atoms with E-state index in [1.165, 1.54) is 13.8 Å². The predicted octanol–water partition coefficient (Wildman–Crippen LogP) is 9.68. The number of rotatable bonds is 16. The molecule has 2 N–H and O–H groups in total. The third-order valence-electron chi connectivity index (χ3n) is 12.0. The van der Waals surface area contributed by atoms with E-state index in [4.69, 9.17) is 18.9 Å². The Morgan fingerprint density at radius 3 is 1.11 bits per heavy atom. The van der Waals surface area contributed by atoms with Crippen LogP contribution < -0.4 is 28.7 Å². The van der Waals surface area contributed by atoms with Crippen molar-refractivity contribution in [2.45, 2.75) is 63.8 Å². The zero-order valence-corrected chi connectivity index (χ0v) is 37.4. The molecular formula is C54H54N2O10. The summed E-state index contributed by atoms with van der Waals surface area (Å²) in [6, 6.07) is 47.9. The van der Waals surface area contributed by atoms with Gasteiger partial charge in [-0.05, 0) is 121 Å². The van der Waals surface area contributed by atoms with Crippen LogP contribution in [0.25, 0.3) is 0 Å². The molecule has 6 aromatic rings. The van der Waals surface area contributed by atoms with Crippen LogP contribution in [0.1, 0.15) is 86.1 Å². The zero-order chi connectivity index (χ0) is 46.7. The first-order chi connectivity index (χ1) is 31.9. The van der Waals surface area contributed by atoms with Crippen LogP contribution in [0.4, 0.5) is 11.4 Å². The minimum atomic E-state index is -0.624. The molecule has 12 nitrogen and oxygen atoms in total. The Bertz CT molecular complexity index is 2370. The number of hydrogen-bond acceptors (Lipinski definition) is 10. The van der Waals surface area contributed by atoms with Gasteiger partial charge in [-0.3, -0.25) is 19.2 Å². The third-order valence-corrected chi connectivity index (χ3v) is 12.0. The number of aliphatic hydroxyl groups excluding tert-OH is 2. The molecule has 66 heavy (non-hydrogen) atoms. The van der Waals surface area contributed by atoms with Gasteiger partial charge in [-0.15, -0.1) is 0 Å². The summed E-state index contributed by atoms with van der Waals surface area (Å²) in [7, 11) is 3.21. The van der Waals surface area contributed by atoms with Crippen LogP contribution in [0.3, 0.4) is 0 Å². The van der Waals surface area contributed by atoms with Gasteiger partial charge in [-0.2, -0.15) is 0 Å². The SMILES string of the molecule is COc1ccc(N2C(=O)[C@H](CC[C@@H](O)c3ccccc3)[C@H]2c2ccc(OC(C)=O)cc2)cc1.COc1ccc(N2C(=O)[C@H](CC[C@H](O)c3ccccc3)[C@H]2c2ccc(OC(C)=O)cc2)cc1. The Balaban J connectivity index is 0.000000196. The molecule has 0 saturated carbocycles. The van der Waals surface area contributed by atoms with Crippen molar-refractivity contribution in [2.75, 3.05) is 24.0 Å². The molecule has 8 rings (SSSR count). The van der Waals surface area contributed by atoms with Gasteiger partial charge in [-0.25, -0.2) is 0 Å². The van der Waals surface area contributed by atoms with Crippen molar-refractivity contribution in [2.24, 2.45) is 11.8 Å². The molecule has 340 valence electrons. The van der Waals surface area contributed by atoms with E-state index in [0.29, 0.717) is 37.2 Å². The molecule has 2 fully saturated rings. The molecule has 6 atom stereocenters. The minimum absolute atomic E-state index is 0.0227. The van der Waals surface area contributed by atoms with Gasteiger partial charge in [0, 0.05) is 25.2 Å². The van der Waals surface area contributed by atoms with Gasteiger partial charge in [0.15, 0.2) is 0 Å². The summed E-state index contributed by atoms with van der Waals surface area (Å²) in [5.41, 5.74) is 5.16. The molecule has 6 aromatic carbocycles. The maximum atomic E-state index is 13.2. The van der Waals surface area contributed by atoms with Crippen LogP contribution in [-0.4, -0.2) is 48.2 Å². The summed E-state index contributed by atoms with van der Waals surface area (Å²) in [4.78, 5) is 52.4. The van der Waals surface area contributed by atoms with E-state index in [1.807, 2.05) is 133 Å². The van der Waals surface area contributed by atoms with Gasteiger partial charge in [0.25, 0.3) is 0 Å². The molecule has 0 bridgehead atoms. The first kappa shape index (κ1) is 46.7. The first-order valence-electron chi connectivity index (χ1n) is 21.9. The first-order valence-corrected chi connectivity index (χ1v) is 21.9. The minimum Gasteiger partial charge on any atom is -0.497 e. The van der Waals surface area contributed by atoms with Crippen molar-refractivity contribution in [1.29, 1.82) is 0 Å². The van der Waals surface area contributed by atoms with E-state index in [-0.39, 0.29) is 47.7 Å². The number of aliphatic hydroxyl groups is 2. The Morgan fingerprint density at radius 1 is 0.485 bits per heavy atom. The number of carbonyl (C=O) groups is 4. The Hall–Kier alpha value is -7.28. The average molecular weight is 891 g/mol. The van der Waals surface area contributed by atoms with E-state index >= 15 is 0 Å². The fraction of sp³-hybridized carbons (Fsp3) is 0.259. The Labute approximate surface area is 384 Å². The van der Waals surface area contributed by atoms with Crippen LogP contribution in [0.5, 0.6) is 23.0 Å². The number of anilines is 2. The molecule has 2 saturated heterocycles. The van der Waals surface area contributed by atoms with Crippen LogP contribution in [-0.2, 0) is 19.2 Å². The van der Waals surface area contributed by atoms with Gasteiger partial charge < -0.3 is 39.0 Å². The number of benzene rings is 6. The third kappa shape index (κ3) is 11.0. The smallest absolute Gasteiger partial charge is 0.308 e. The number of hydrogen-bond donors (Lipinski definition) is 2. The summed E-state index contributed by atoms with van der Waals surface area (Å²) in [5.74, 6) is 1.13. The molecule has 0 aromatic heterocycles. The number of nitrogens with zero attached hydrogens (tertiary/aromatic N) is 2. The summed E-state index contributed by atoms with van der Waals surface area (Å²) >= 11 is 0. The maximum Gasteiger partial charge on any atom is 0.308 e. The lowest BCUT2D eigenvalue weighted by Crippen LogP contribution is -2.55. The standard InChI is InChI=1S/2C27H27NO5/c2*1-18(29)33-23-12-8-20(9-13-23)26-24(16-17-25(30)19-6-4-3-5-7-19)27(31)28(26)21-10-14-22(32-2)15-11-21/h2*3-15,24-26,30H,16-17H2,1-2H3/t24-,25+,26-;24-,25-,26-/m11/s1. The highest BCUT2D eigenvalue weighted by atomic mass is 16.5. The van der Waals surface area contributed by atoms with E-state index in [9.17, 15) is 29.4 Å². The van der Waals surface area contributed by atoms with E-state index in [2.05, 4.69) is 0 Å². The monoisotopic (exact) mass is 890 g/mol. The highest BCUT2D eigenvalue weighted by Gasteiger charge is 2.49. The van der Waals surface area contributed by atoms with E-state index in [0.717, 1.165) is 45.1 Å². The number of esters is 2. The number of ether oxygens (including phenoxy) is 4. The fourth-order valence-corrected chi connectivity index (χ4v) is 8.64. The molecular weight excluding hydrogens is 837 g/mol. The largest absolute Gasteiger partial charge is 0.497 e. The quantitative estimate of drug-likeness (QED) is 0.0546. The van der Waals surface area contributed by atoms with E-state index < -0.39 is 12.2 Å². The van der Waals surface area contributed by atoms with Crippen LogP contribution >= 0.6 is 0 Å². The van der Waals surface area contributed by atoms with Gasteiger partial charge in [0.05, 0.1) is 50.3 Å². The maximum absolute atomic E-state index is 13.2. The van der Waals surface area contributed by atoms with Gasteiger partial charge in [0.2, 0.25) is 11.8 Å². The fourth-order valence-electron chi connectivity index (χ4n) is 8.64. The normalized spacial score (nSPS) is 18.4.